The lowest BCUT2D eigenvalue weighted by molar-refractivity contribution is 0.0400. The van der Waals surface area contributed by atoms with Gasteiger partial charge in [-0.15, -0.1) is 6.58 Å². The van der Waals surface area contributed by atoms with Gasteiger partial charge in [-0.3, -0.25) is 0 Å². The smallest absolute Gasteiger partial charge is 0.210 e. The summed E-state index contributed by atoms with van der Waals surface area (Å²) in [6, 6.07) is 0. The first-order valence-corrected chi connectivity index (χ1v) is 6.38. The Labute approximate surface area is 99.1 Å². The Morgan fingerprint density at radius 3 is 2.25 bits per heavy atom. The summed E-state index contributed by atoms with van der Waals surface area (Å²) in [6.07, 6.45) is 4.93. The molecule has 2 heteroatoms. The fourth-order valence-electron chi connectivity index (χ4n) is 2.43. The molecule has 0 N–H and O–H groups in total. The standard InChI is InChI=1S/C14H26F2/c1-5-8-10-14(4,9-6-2)11-12(7-3)13(15)16/h5,12-13H,1,6-11H2,2-4H3/t12-,14?/m1/s1. The van der Waals surface area contributed by atoms with Gasteiger partial charge in [-0.2, -0.15) is 0 Å². The Balaban J connectivity index is 4.43. The molecule has 16 heavy (non-hydrogen) atoms. The molecule has 0 saturated heterocycles. The summed E-state index contributed by atoms with van der Waals surface area (Å²) in [5, 5.41) is 0. The SMILES string of the molecule is C=CCCC(C)(CCC)C[C@@H](CC)C(F)F. The van der Waals surface area contributed by atoms with E-state index < -0.39 is 12.3 Å². The summed E-state index contributed by atoms with van der Waals surface area (Å²) in [5.41, 5.74) is 0.0556. The van der Waals surface area contributed by atoms with Crippen LogP contribution in [0.5, 0.6) is 0 Å². The molecule has 0 aliphatic carbocycles. The third kappa shape index (κ3) is 5.62. The lowest BCUT2D eigenvalue weighted by atomic mass is 9.74. The van der Waals surface area contributed by atoms with E-state index in [9.17, 15) is 8.78 Å². The van der Waals surface area contributed by atoms with Crippen LogP contribution in [0.4, 0.5) is 8.78 Å². The molecule has 0 spiro atoms. The van der Waals surface area contributed by atoms with Crippen molar-refractivity contribution in [3.8, 4) is 0 Å². The largest absolute Gasteiger partial charge is 0.241 e. The molecule has 0 saturated carbocycles. The quantitative estimate of drug-likeness (QED) is 0.464. The number of allylic oxidation sites excluding steroid dienone is 1. The van der Waals surface area contributed by atoms with E-state index in [0.29, 0.717) is 12.8 Å². The average Bonchev–Trinajstić information content (AvgIpc) is 2.23. The third-order valence-electron chi connectivity index (χ3n) is 3.44. The molecule has 0 nitrogen and oxygen atoms in total. The van der Waals surface area contributed by atoms with Crippen molar-refractivity contribution in [1.29, 1.82) is 0 Å². The second-order valence-electron chi connectivity index (χ2n) is 5.09. The molecule has 0 amide bonds. The summed E-state index contributed by atoms with van der Waals surface area (Å²) >= 11 is 0. The first-order chi connectivity index (χ1) is 7.49. The summed E-state index contributed by atoms with van der Waals surface area (Å²) in [5.74, 6) is -0.443. The van der Waals surface area contributed by atoms with Crippen molar-refractivity contribution in [2.75, 3.05) is 0 Å². The van der Waals surface area contributed by atoms with Crippen LogP contribution < -0.4 is 0 Å². The molecule has 0 rings (SSSR count). The van der Waals surface area contributed by atoms with Gasteiger partial charge in [0.15, 0.2) is 0 Å². The van der Waals surface area contributed by atoms with Crippen LogP contribution >= 0.6 is 0 Å². The molecule has 0 aromatic heterocycles. The van der Waals surface area contributed by atoms with Crippen LogP contribution in [0.15, 0.2) is 12.7 Å². The summed E-state index contributed by atoms with van der Waals surface area (Å²) in [6.45, 7) is 9.83. The maximum atomic E-state index is 12.8. The van der Waals surface area contributed by atoms with Crippen molar-refractivity contribution in [3.05, 3.63) is 12.7 Å². The third-order valence-corrected chi connectivity index (χ3v) is 3.44. The highest BCUT2D eigenvalue weighted by Crippen LogP contribution is 2.38. The van der Waals surface area contributed by atoms with Gasteiger partial charge in [0.05, 0.1) is 0 Å². The first-order valence-electron chi connectivity index (χ1n) is 6.38. The zero-order valence-electron chi connectivity index (χ0n) is 10.9. The number of hydrogen-bond donors (Lipinski definition) is 0. The Hall–Kier alpha value is -0.400. The van der Waals surface area contributed by atoms with Gasteiger partial charge in [0.2, 0.25) is 6.43 Å². The van der Waals surface area contributed by atoms with Crippen molar-refractivity contribution < 1.29 is 8.78 Å². The molecule has 0 aromatic rings. The maximum absolute atomic E-state index is 12.8. The van der Waals surface area contributed by atoms with Gasteiger partial charge in [0, 0.05) is 5.92 Å². The van der Waals surface area contributed by atoms with Crippen molar-refractivity contribution in [3.63, 3.8) is 0 Å². The minimum Gasteiger partial charge on any atom is -0.210 e. The van der Waals surface area contributed by atoms with E-state index in [-0.39, 0.29) is 5.41 Å². The second kappa shape index (κ2) is 7.81. The number of hydrogen-bond acceptors (Lipinski definition) is 0. The van der Waals surface area contributed by atoms with Crippen LogP contribution in [0, 0.1) is 11.3 Å². The predicted molar refractivity (Wildman–Crippen MR) is 66.8 cm³/mol. The highest BCUT2D eigenvalue weighted by atomic mass is 19.3. The predicted octanol–water partition coefficient (Wildman–Crippen LogP) is 5.44. The Kier molecular flexibility index (Phi) is 7.61. The van der Waals surface area contributed by atoms with E-state index in [1.54, 1.807) is 0 Å². The van der Waals surface area contributed by atoms with Crippen molar-refractivity contribution in [1.82, 2.24) is 0 Å². The van der Waals surface area contributed by atoms with Gasteiger partial charge in [0.1, 0.15) is 0 Å². The zero-order chi connectivity index (χ0) is 12.6. The van der Waals surface area contributed by atoms with Crippen LogP contribution in [0.1, 0.15) is 59.3 Å². The Morgan fingerprint density at radius 2 is 1.88 bits per heavy atom. The fourth-order valence-corrected chi connectivity index (χ4v) is 2.43. The van der Waals surface area contributed by atoms with E-state index >= 15 is 0 Å². The zero-order valence-corrected chi connectivity index (χ0v) is 10.9. The molecule has 0 aliphatic heterocycles. The van der Waals surface area contributed by atoms with Crippen molar-refractivity contribution >= 4 is 0 Å². The fraction of sp³-hybridized carbons (Fsp3) is 0.857. The molecule has 1 unspecified atom stereocenters. The Bertz CT molecular complexity index is 189. The number of halogens is 2. The molecule has 0 aromatic carbocycles. The van der Waals surface area contributed by atoms with Gasteiger partial charge in [-0.25, -0.2) is 8.78 Å². The molecular formula is C14H26F2. The van der Waals surface area contributed by atoms with Crippen LogP contribution in [0.25, 0.3) is 0 Å². The lowest BCUT2D eigenvalue weighted by Crippen LogP contribution is -2.24. The summed E-state index contributed by atoms with van der Waals surface area (Å²) < 4.78 is 25.5. The van der Waals surface area contributed by atoms with Crippen LogP contribution in [0.3, 0.4) is 0 Å². The summed E-state index contributed by atoms with van der Waals surface area (Å²) in [7, 11) is 0. The highest BCUT2D eigenvalue weighted by molar-refractivity contribution is 4.81. The van der Waals surface area contributed by atoms with E-state index in [1.807, 2.05) is 13.0 Å². The monoisotopic (exact) mass is 232 g/mol. The molecule has 96 valence electrons. The first kappa shape index (κ1) is 15.6. The van der Waals surface area contributed by atoms with Crippen LogP contribution in [-0.2, 0) is 0 Å². The number of alkyl halides is 2. The van der Waals surface area contributed by atoms with Gasteiger partial charge in [0.25, 0.3) is 0 Å². The van der Waals surface area contributed by atoms with E-state index in [0.717, 1.165) is 25.7 Å². The van der Waals surface area contributed by atoms with Gasteiger partial charge >= 0.3 is 0 Å². The van der Waals surface area contributed by atoms with E-state index in [2.05, 4.69) is 20.4 Å². The van der Waals surface area contributed by atoms with Crippen molar-refractivity contribution in [2.45, 2.75) is 65.7 Å². The molecular weight excluding hydrogens is 206 g/mol. The minimum atomic E-state index is -2.18. The maximum Gasteiger partial charge on any atom is 0.241 e. The molecule has 0 bridgehead atoms. The van der Waals surface area contributed by atoms with Gasteiger partial charge < -0.3 is 0 Å². The molecule has 0 heterocycles. The molecule has 2 atom stereocenters. The van der Waals surface area contributed by atoms with E-state index in [4.69, 9.17) is 0 Å². The second-order valence-corrected chi connectivity index (χ2v) is 5.09. The normalized spacial score (nSPS) is 17.1. The Morgan fingerprint density at radius 1 is 1.25 bits per heavy atom. The number of rotatable bonds is 9. The summed E-state index contributed by atoms with van der Waals surface area (Å²) in [4.78, 5) is 0. The molecule has 0 fully saturated rings. The lowest BCUT2D eigenvalue weighted by Gasteiger charge is -2.32. The topological polar surface area (TPSA) is 0 Å². The van der Waals surface area contributed by atoms with Crippen LogP contribution in [-0.4, -0.2) is 6.43 Å². The van der Waals surface area contributed by atoms with Gasteiger partial charge in [-0.05, 0) is 37.5 Å². The average molecular weight is 232 g/mol. The molecule has 0 radical (unpaired) electrons. The highest BCUT2D eigenvalue weighted by Gasteiger charge is 2.30. The van der Waals surface area contributed by atoms with Gasteiger partial charge in [-0.1, -0.05) is 33.3 Å². The minimum absolute atomic E-state index is 0.0556. The van der Waals surface area contributed by atoms with Crippen LogP contribution in [0.2, 0.25) is 0 Å². The molecule has 0 aliphatic rings. The van der Waals surface area contributed by atoms with Crippen molar-refractivity contribution in [2.24, 2.45) is 11.3 Å². The van der Waals surface area contributed by atoms with E-state index in [1.165, 1.54) is 0 Å².